The molecular formula is C25H22Cl2N4O7. The van der Waals surface area contributed by atoms with E-state index in [1.54, 1.807) is 18.2 Å². The van der Waals surface area contributed by atoms with E-state index in [1.165, 1.54) is 35.2 Å². The lowest BCUT2D eigenvalue weighted by molar-refractivity contribution is -0.122. The maximum Gasteiger partial charge on any atom is 0.250 e. The molecule has 2 aromatic rings. The lowest BCUT2D eigenvalue weighted by atomic mass is 9.88. The van der Waals surface area contributed by atoms with Crippen molar-refractivity contribution < 1.29 is 29.6 Å². The first-order valence-electron chi connectivity index (χ1n) is 11.5. The van der Waals surface area contributed by atoms with E-state index in [0.717, 1.165) is 11.0 Å². The molecule has 0 bridgehead atoms. The second-order valence-electron chi connectivity index (χ2n) is 8.81. The SMILES string of the molecule is O=C1C2C=CC=C(NCCN3C(O)C=C(Oc4cc(Cl)cc(Cl)c4)C3O)C2C(=O)N1c1ccc(=O)[nH]c1O. The molecule has 5 rings (SSSR count). The highest BCUT2D eigenvalue weighted by Crippen LogP contribution is 2.39. The quantitative estimate of drug-likeness (QED) is 0.316. The minimum Gasteiger partial charge on any atom is -0.493 e. The Morgan fingerprint density at radius 3 is 2.50 bits per heavy atom. The predicted octanol–water partition coefficient (Wildman–Crippen LogP) is 1.45. The van der Waals surface area contributed by atoms with Crippen LogP contribution in [-0.2, 0) is 9.59 Å². The molecule has 4 unspecified atom stereocenters. The van der Waals surface area contributed by atoms with Gasteiger partial charge in [-0.2, -0.15) is 0 Å². The van der Waals surface area contributed by atoms with Gasteiger partial charge in [-0.25, -0.2) is 9.80 Å². The van der Waals surface area contributed by atoms with Crippen LogP contribution in [0.5, 0.6) is 11.6 Å². The third-order valence-electron chi connectivity index (χ3n) is 6.39. The second kappa shape index (κ2) is 10.3. The summed E-state index contributed by atoms with van der Waals surface area (Å²) in [5.74, 6) is -2.95. The topological polar surface area (TPSA) is 155 Å². The smallest absolute Gasteiger partial charge is 0.250 e. The van der Waals surface area contributed by atoms with Crippen LogP contribution in [-0.4, -0.2) is 62.6 Å². The molecule has 0 spiro atoms. The summed E-state index contributed by atoms with van der Waals surface area (Å²) in [5.41, 5.74) is -0.219. The number of amides is 2. The minimum atomic E-state index is -1.26. The zero-order valence-electron chi connectivity index (χ0n) is 19.5. The number of aromatic amines is 1. The number of aromatic hydroxyl groups is 1. The zero-order valence-corrected chi connectivity index (χ0v) is 21.1. The molecule has 1 aliphatic carbocycles. The molecule has 5 N–H and O–H groups in total. The van der Waals surface area contributed by atoms with E-state index in [4.69, 9.17) is 27.9 Å². The van der Waals surface area contributed by atoms with Gasteiger partial charge in [0.15, 0.2) is 6.23 Å². The zero-order chi connectivity index (χ0) is 27.1. The third kappa shape index (κ3) is 4.82. The Morgan fingerprint density at radius 1 is 1.05 bits per heavy atom. The number of aliphatic hydroxyl groups excluding tert-OH is 2. The lowest BCUT2D eigenvalue weighted by Crippen LogP contribution is -2.43. The average molecular weight is 561 g/mol. The van der Waals surface area contributed by atoms with Gasteiger partial charge >= 0.3 is 0 Å². The van der Waals surface area contributed by atoms with Crippen LogP contribution in [0.2, 0.25) is 10.0 Å². The van der Waals surface area contributed by atoms with Crippen LogP contribution >= 0.6 is 23.2 Å². The van der Waals surface area contributed by atoms with E-state index in [9.17, 15) is 29.7 Å². The molecule has 2 aliphatic heterocycles. The number of pyridine rings is 1. The molecule has 3 aliphatic rings. The van der Waals surface area contributed by atoms with Gasteiger partial charge in [-0.15, -0.1) is 0 Å². The number of nitrogens with one attached hydrogen (secondary N) is 2. The summed E-state index contributed by atoms with van der Waals surface area (Å²) in [6, 6.07) is 6.90. The van der Waals surface area contributed by atoms with Crippen LogP contribution in [0.25, 0.3) is 0 Å². The highest BCUT2D eigenvalue weighted by atomic mass is 35.5. The number of carbonyl (C=O) groups excluding carboxylic acids is 2. The van der Waals surface area contributed by atoms with Gasteiger partial charge in [-0.1, -0.05) is 35.4 Å². The summed E-state index contributed by atoms with van der Waals surface area (Å²) < 4.78 is 5.67. The number of H-pyrrole nitrogens is 1. The number of halogens is 2. The van der Waals surface area contributed by atoms with Gasteiger partial charge in [0.1, 0.15) is 23.4 Å². The molecule has 1 fully saturated rings. The molecule has 13 heteroatoms. The molecule has 0 saturated carbocycles. The van der Waals surface area contributed by atoms with Crippen molar-refractivity contribution in [3.8, 4) is 11.6 Å². The minimum absolute atomic E-state index is 0.101. The monoisotopic (exact) mass is 560 g/mol. The molecule has 198 valence electrons. The molecule has 2 amide bonds. The number of aromatic nitrogens is 1. The van der Waals surface area contributed by atoms with Gasteiger partial charge in [-0.3, -0.25) is 19.4 Å². The Kier molecular flexibility index (Phi) is 7.03. The first kappa shape index (κ1) is 26.0. The molecule has 1 saturated heterocycles. The average Bonchev–Trinajstić information content (AvgIpc) is 3.26. The molecule has 3 heterocycles. The van der Waals surface area contributed by atoms with Crippen molar-refractivity contribution in [2.24, 2.45) is 11.8 Å². The van der Waals surface area contributed by atoms with Gasteiger partial charge in [0.2, 0.25) is 17.7 Å². The number of rotatable bonds is 7. The van der Waals surface area contributed by atoms with E-state index in [2.05, 4.69) is 10.3 Å². The van der Waals surface area contributed by atoms with Gasteiger partial charge in [-0.05, 0) is 30.3 Å². The fourth-order valence-corrected chi connectivity index (χ4v) is 5.18. The summed E-state index contributed by atoms with van der Waals surface area (Å²) in [7, 11) is 0. The van der Waals surface area contributed by atoms with Gasteiger partial charge in [0, 0.05) is 41.0 Å². The van der Waals surface area contributed by atoms with E-state index >= 15 is 0 Å². The Bertz CT molecular complexity index is 1430. The highest BCUT2D eigenvalue weighted by molar-refractivity contribution is 6.34. The van der Waals surface area contributed by atoms with Gasteiger partial charge in [0.25, 0.3) is 5.56 Å². The Morgan fingerprint density at radius 2 is 1.79 bits per heavy atom. The number of fused-ring (bicyclic) bond motifs is 1. The molecule has 0 radical (unpaired) electrons. The van der Waals surface area contributed by atoms with E-state index in [1.807, 2.05) is 0 Å². The third-order valence-corrected chi connectivity index (χ3v) is 6.83. The predicted molar refractivity (Wildman–Crippen MR) is 137 cm³/mol. The Labute approximate surface area is 225 Å². The second-order valence-corrected chi connectivity index (χ2v) is 9.68. The molecule has 38 heavy (non-hydrogen) atoms. The van der Waals surface area contributed by atoms with Crippen LogP contribution in [0.4, 0.5) is 5.69 Å². The number of carbonyl (C=O) groups is 2. The fraction of sp³-hybridized carbons (Fsp3) is 0.240. The van der Waals surface area contributed by atoms with Gasteiger partial charge < -0.3 is 25.4 Å². The van der Waals surface area contributed by atoms with Crippen molar-refractivity contribution in [3.05, 3.63) is 86.5 Å². The van der Waals surface area contributed by atoms with Gasteiger partial charge in [0.05, 0.1) is 11.8 Å². The molecule has 1 aromatic carbocycles. The van der Waals surface area contributed by atoms with Crippen LogP contribution in [0, 0.1) is 11.8 Å². The standard InChI is InChI=1S/C25H22Cl2N4O7/c26-12-8-13(27)10-14(9-12)38-18-11-20(33)30(24(18)36)7-6-28-16-3-1-2-15-21(16)25(37)31(23(15)35)17-4-5-19(32)29-22(17)34/h1-5,8-11,15,20-21,24,28,33,36H,6-7H2,(H2,29,32,34). The highest BCUT2D eigenvalue weighted by Gasteiger charge is 2.50. The molecule has 11 nitrogen and oxygen atoms in total. The lowest BCUT2D eigenvalue weighted by Gasteiger charge is -2.27. The first-order valence-corrected chi connectivity index (χ1v) is 12.3. The van der Waals surface area contributed by atoms with Crippen molar-refractivity contribution in [1.29, 1.82) is 0 Å². The van der Waals surface area contributed by atoms with Crippen molar-refractivity contribution >= 4 is 40.7 Å². The number of ether oxygens (including phenoxy) is 1. The number of nitrogens with zero attached hydrogens (tertiary/aromatic N) is 2. The fourth-order valence-electron chi connectivity index (χ4n) is 4.67. The number of allylic oxidation sites excluding steroid dienone is 2. The van der Waals surface area contributed by atoms with Crippen LogP contribution in [0.3, 0.4) is 0 Å². The number of benzene rings is 1. The van der Waals surface area contributed by atoms with Crippen LogP contribution in [0.1, 0.15) is 0 Å². The summed E-state index contributed by atoms with van der Waals surface area (Å²) in [6.07, 6.45) is 3.86. The van der Waals surface area contributed by atoms with Crippen LogP contribution in [0.15, 0.2) is 70.9 Å². The van der Waals surface area contributed by atoms with Crippen molar-refractivity contribution in [2.45, 2.75) is 12.5 Å². The first-order chi connectivity index (χ1) is 18.1. The summed E-state index contributed by atoms with van der Waals surface area (Å²) >= 11 is 12.0. The Balaban J connectivity index is 1.23. The Hall–Kier alpha value is -3.61. The number of aliphatic hydroxyl groups is 2. The van der Waals surface area contributed by atoms with Crippen LogP contribution < -0.4 is 20.5 Å². The number of hydrogen-bond acceptors (Lipinski definition) is 9. The molecular weight excluding hydrogens is 539 g/mol. The van der Waals surface area contributed by atoms with Crippen molar-refractivity contribution in [2.75, 3.05) is 18.0 Å². The van der Waals surface area contributed by atoms with Crippen molar-refractivity contribution in [3.63, 3.8) is 0 Å². The van der Waals surface area contributed by atoms with Crippen molar-refractivity contribution in [1.82, 2.24) is 15.2 Å². The number of hydrogen-bond donors (Lipinski definition) is 5. The van der Waals surface area contributed by atoms with E-state index in [0.29, 0.717) is 21.5 Å². The van der Waals surface area contributed by atoms with E-state index < -0.39 is 47.5 Å². The summed E-state index contributed by atoms with van der Waals surface area (Å²) in [5, 5.41) is 35.1. The largest absolute Gasteiger partial charge is 0.493 e. The molecule has 4 atom stereocenters. The number of imide groups is 1. The normalized spacial score (nSPS) is 24.9. The van der Waals surface area contributed by atoms with E-state index in [-0.39, 0.29) is 24.5 Å². The molecule has 1 aromatic heterocycles. The number of anilines is 1. The maximum atomic E-state index is 13.2. The maximum absolute atomic E-state index is 13.2. The summed E-state index contributed by atoms with van der Waals surface area (Å²) in [6.45, 7) is 0.347. The summed E-state index contributed by atoms with van der Waals surface area (Å²) in [4.78, 5) is 42.1.